The predicted octanol–water partition coefficient (Wildman–Crippen LogP) is 2.99. The number of carbonyl (C=O) groups is 1. The molecule has 1 fully saturated rings. The van der Waals surface area contributed by atoms with Crippen LogP contribution in [0.15, 0.2) is 46.2 Å². The van der Waals surface area contributed by atoms with Gasteiger partial charge < -0.3 is 10.1 Å². The van der Waals surface area contributed by atoms with Crippen LogP contribution in [-0.4, -0.2) is 53.8 Å². The van der Waals surface area contributed by atoms with E-state index >= 15 is 0 Å². The number of rotatable bonds is 8. The third-order valence-electron chi connectivity index (χ3n) is 5.64. The molecule has 0 saturated carbocycles. The van der Waals surface area contributed by atoms with Gasteiger partial charge in [-0.15, -0.1) is 0 Å². The van der Waals surface area contributed by atoms with Crippen molar-refractivity contribution >= 4 is 43.2 Å². The lowest BCUT2D eigenvalue weighted by Gasteiger charge is -2.31. The molecule has 1 aliphatic heterocycles. The van der Waals surface area contributed by atoms with Crippen molar-refractivity contribution in [3.05, 3.63) is 47.0 Å². The number of piperidine rings is 1. The fourth-order valence-corrected chi connectivity index (χ4v) is 6.30. The molecule has 2 aromatic carbocycles. The molecule has 1 unspecified atom stereocenters. The summed E-state index contributed by atoms with van der Waals surface area (Å²) in [7, 11) is -6.24. The zero-order valence-corrected chi connectivity index (χ0v) is 21.6. The SMILES string of the molecule is CCOc1ccc(S(=O)(=O)N2CCCC(C(=O)Nc3cc(S(=O)(=O)NC)ccc3C)C2)cc1Cl. The number of carbonyl (C=O) groups excluding carboxylic acids is 1. The van der Waals surface area contributed by atoms with Crippen LogP contribution in [0.2, 0.25) is 5.02 Å². The van der Waals surface area contributed by atoms with Crippen molar-refractivity contribution in [2.45, 2.75) is 36.5 Å². The highest BCUT2D eigenvalue weighted by Crippen LogP contribution is 2.31. The molecule has 186 valence electrons. The van der Waals surface area contributed by atoms with Crippen molar-refractivity contribution in [2.24, 2.45) is 5.92 Å². The van der Waals surface area contributed by atoms with E-state index in [-0.39, 0.29) is 33.8 Å². The molecule has 0 bridgehead atoms. The molecule has 12 heteroatoms. The minimum atomic E-state index is -3.87. The highest BCUT2D eigenvalue weighted by Gasteiger charge is 2.34. The molecule has 0 aromatic heterocycles. The predicted molar refractivity (Wildman–Crippen MR) is 130 cm³/mol. The monoisotopic (exact) mass is 529 g/mol. The lowest BCUT2D eigenvalue weighted by Crippen LogP contribution is -2.43. The summed E-state index contributed by atoms with van der Waals surface area (Å²) in [5.74, 6) is -0.561. The van der Waals surface area contributed by atoms with E-state index in [9.17, 15) is 21.6 Å². The Labute approximate surface area is 205 Å². The molecule has 3 rings (SSSR count). The molecule has 1 amide bonds. The molecule has 0 aliphatic carbocycles. The number of benzene rings is 2. The van der Waals surface area contributed by atoms with E-state index in [0.29, 0.717) is 36.4 Å². The number of nitrogens with zero attached hydrogens (tertiary/aromatic N) is 1. The molecular weight excluding hydrogens is 502 g/mol. The molecule has 34 heavy (non-hydrogen) atoms. The van der Waals surface area contributed by atoms with Gasteiger partial charge in [0.05, 0.1) is 27.3 Å². The van der Waals surface area contributed by atoms with Crippen molar-refractivity contribution in [1.82, 2.24) is 9.03 Å². The molecule has 1 atom stereocenters. The number of anilines is 1. The van der Waals surface area contributed by atoms with Crippen molar-refractivity contribution in [3.63, 3.8) is 0 Å². The summed E-state index contributed by atoms with van der Waals surface area (Å²) < 4.78 is 59.5. The van der Waals surface area contributed by atoms with Crippen LogP contribution in [0.5, 0.6) is 5.75 Å². The molecule has 9 nitrogen and oxygen atoms in total. The fraction of sp³-hybridized carbons (Fsp3) is 0.409. The van der Waals surface area contributed by atoms with E-state index in [2.05, 4.69) is 10.0 Å². The van der Waals surface area contributed by atoms with Gasteiger partial charge in [0.25, 0.3) is 0 Å². The maximum Gasteiger partial charge on any atom is 0.243 e. The second-order valence-electron chi connectivity index (χ2n) is 7.90. The molecule has 2 N–H and O–H groups in total. The van der Waals surface area contributed by atoms with Crippen LogP contribution in [0.4, 0.5) is 5.69 Å². The average Bonchev–Trinajstić information content (AvgIpc) is 2.81. The van der Waals surface area contributed by atoms with Gasteiger partial charge in [-0.05, 0) is 69.6 Å². The smallest absolute Gasteiger partial charge is 0.243 e. The Balaban J connectivity index is 1.78. The quantitative estimate of drug-likeness (QED) is 0.542. The third-order valence-corrected chi connectivity index (χ3v) is 9.21. The molecule has 1 saturated heterocycles. The fourth-order valence-electron chi connectivity index (χ4n) is 3.69. The number of ether oxygens (including phenoxy) is 1. The van der Waals surface area contributed by atoms with Crippen molar-refractivity contribution < 1.29 is 26.4 Å². The summed E-state index contributed by atoms with van der Waals surface area (Å²) in [6, 6.07) is 8.75. The molecule has 1 aliphatic rings. The van der Waals surface area contributed by atoms with Gasteiger partial charge in [0.2, 0.25) is 26.0 Å². The van der Waals surface area contributed by atoms with Crippen molar-refractivity contribution in [1.29, 1.82) is 0 Å². The van der Waals surface area contributed by atoms with Crippen molar-refractivity contribution in [3.8, 4) is 5.75 Å². The zero-order chi connectivity index (χ0) is 25.1. The van der Waals surface area contributed by atoms with Gasteiger partial charge in [-0.1, -0.05) is 17.7 Å². The summed E-state index contributed by atoms with van der Waals surface area (Å²) in [5, 5.41) is 2.96. The van der Waals surface area contributed by atoms with Crippen LogP contribution in [0.25, 0.3) is 0 Å². The van der Waals surface area contributed by atoms with E-state index in [4.69, 9.17) is 16.3 Å². The Kier molecular flexibility index (Phi) is 8.25. The van der Waals surface area contributed by atoms with Gasteiger partial charge >= 0.3 is 0 Å². The van der Waals surface area contributed by atoms with Crippen LogP contribution >= 0.6 is 11.6 Å². The Bertz CT molecular complexity index is 1280. The van der Waals surface area contributed by atoms with Gasteiger partial charge in [0.1, 0.15) is 5.75 Å². The highest BCUT2D eigenvalue weighted by molar-refractivity contribution is 7.89. The largest absolute Gasteiger partial charge is 0.492 e. The number of halogens is 1. The van der Waals surface area contributed by atoms with Crippen LogP contribution in [-0.2, 0) is 24.8 Å². The van der Waals surface area contributed by atoms with Crippen LogP contribution in [0.1, 0.15) is 25.3 Å². The molecule has 2 aromatic rings. The Morgan fingerprint density at radius 3 is 2.50 bits per heavy atom. The summed E-state index contributed by atoms with van der Waals surface area (Å²) in [6.07, 6.45) is 1.02. The van der Waals surface area contributed by atoms with Crippen LogP contribution in [0.3, 0.4) is 0 Å². The van der Waals surface area contributed by atoms with E-state index < -0.39 is 26.0 Å². The van der Waals surface area contributed by atoms with Gasteiger partial charge in [-0.25, -0.2) is 21.6 Å². The van der Waals surface area contributed by atoms with E-state index in [1.54, 1.807) is 19.9 Å². The van der Waals surface area contributed by atoms with E-state index in [1.165, 1.54) is 41.7 Å². The number of hydrogen-bond acceptors (Lipinski definition) is 6. The lowest BCUT2D eigenvalue weighted by molar-refractivity contribution is -0.120. The first-order valence-electron chi connectivity index (χ1n) is 10.8. The van der Waals surface area contributed by atoms with Crippen LogP contribution in [0, 0.1) is 12.8 Å². The summed E-state index contributed by atoms with van der Waals surface area (Å²) in [5.41, 5.74) is 1.05. The number of aryl methyl sites for hydroxylation is 1. The maximum absolute atomic E-state index is 13.2. The topological polar surface area (TPSA) is 122 Å². The second-order valence-corrected chi connectivity index (χ2v) is 12.1. The number of sulfonamides is 2. The number of nitrogens with one attached hydrogen (secondary N) is 2. The summed E-state index contributed by atoms with van der Waals surface area (Å²) in [4.78, 5) is 13.0. The minimum Gasteiger partial charge on any atom is -0.492 e. The minimum absolute atomic E-state index is 0.00650. The average molecular weight is 530 g/mol. The molecule has 0 spiro atoms. The number of amides is 1. The van der Waals surface area contributed by atoms with Crippen LogP contribution < -0.4 is 14.8 Å². The standard InChI is InChI=1S/C22H28ClN3O6S2/c1-4-32-21-10-9-18(12-19(21)23)34(30,31)26-11-5-6-16(14-26)22(27)25-20-13-17(8-7-15(20)2)33(28,29)24-3/h7-10,12-13,16,24H,4-6,11,14H2,1-3H3,(H,25,27). The first kappa shape index (κ1) is 26.4. The number of hydrogen-bond donors (Lipinski definition) is 2. The van der Waals surface area contributed by atoms with Gasteiger partial charge in [-0.3, -0.25) is 4.79 Å². The normalized spacial score (nSPS) is 17.4. The van der Waals surface area contributed by atoms with Gasteiger partial charge in [0.15, 0.2) is 0 Å². The second kappa shape index (κ2) is 10.6. The first-order chi connectivity index (χ1) is 16.0. The highest BCUT2D eigenvalue weighted by atomic mass is 35.5. The van der Waals surface area contributed by atoms with Crippen molar-refractivity contribution in [2.75, 3.05) is 32.1 Å². The Hall–Kier alpha value is -2.18. The van der Waals surface area contributed by atoms with E-state index in [0.717, 1.165) is 0 Å². The third kappa shape index (κ3) is 5.72. The lowest BCUT2D eigenvalue weighted by atomic mass is 9.98. The zero-order valence-electron chi connectivity index (χ0n) is 19.2. The maximum atomic E-state index is 13.2. The summed E-state index contributed by atoms with van der Waals surface area (Å²) >= 11 is 6.17. The Morgan fingerprint density at radius 1 is 1.15 bits per heavy atom. The Morgan fingerprint density at radius 2 is 1.85 bits per heavy atom. The molecular formula is C22H28ClN3O6S2. The van der Waals surface area contributed by atoms with E-state index in [1.807, 2.05) is 0 Å². The summed E-state index contributed by atoms with van der Waals surface area (Å²) in [6.45, 7) is 4.24. The van der Waals surface area contributed by atoms with Gasteiger partial charge in [0, 0.05) is 18.8 Å². The molecule has 0 radical (unpaired) electrons. The van der Waals surface area contributed by atoms with Gasteiger partial charge in [-0.2, -0.15) is 4.31 Å². The molecule has 1 heterocycles. The first-order valence-corrected chi connectivity index (χ1v) is 14.1.